The van der Waals surface area contributed by atoms with Gasteiger partial charge in [0.15, 0.2) is 0 Å². The molecule has 126 valence electrons. The number of pyridine rings is 1. The van der Waals surface area contributed by atoms with Gasteiger partial charge in [-0.25, -0.2) is 0 Å². The molecule has 3 rings (SSSR count). The second-order valence-electron chi connectivity index (χ2n) is 6.46. The number of rotatable bonds is 6. The lowest BCUT2D eigenvalue weighted by Crippen LogP contribution is -2.38. The van der Waals surface area contributed by atoms with Crippen LogP contribution in [0.15, 0.2) is 24.5 Å². The fourth-order valence-electron chi connectivity index (χ4n) is 3.51. The summed E-state index contributed by atoms with van der Waals surface area (Å²) in [5.41, 5.74) is 1.19. The molecule has 3 nitrogen and oxygen atoms in total. The Bertz CT molecular complexity index is 491. The molecule has 2 saturated heterocycles. The molecule has 0 unspecified atom stereocenters. The quantitative estimate of drug-likeness (QED) is 0.542. The summed E-state index contributed by atoms with van der Waals surface area (Å²) in [5, 5.41) is 0.827. The number of carbonyl (C=O) groups is 1. The molecule has 0 N–H and O–H groups in total. The average Bonchev–Trinajstić information content (AvgIpc) is 3.13. The van der Waals surface area contributed by atoms with Crippen LogP contribution in [0.2, 0.25) is 0 Å². The van der Waals surface area contributed by atoms with Gasteiger partial charge in [-0.3, -0.25) is 9.78 Å². The number of hydrogen-bond donors (Lipinski definition) is 0. The third kappa shape index (κ3) is 4.90. The smallest absolute Gasteiger partial charge is 0.223 e. The topological polar surface area (TPSA) is 33.2 Å². The molecule has 2 fully saturated rings. The highest BCUT2D eigenvalue weighted by Crippen LogP contribution is 2.40. The minimum Gasteiger partial charge on any atom is -0.336 e. The Morgan fingerprint density at radius 3 is 3.04 bits per heavy atom. The Hall–Kier alpha value is -0.680. The van der Waals surface area contributed by atoms with E-state index in [4.69, 9.17) is 0 Å². The van der Waals surface area contributed by atoms with Gasteiger partial charge in [-0.1, -0.05) is 34.1 Å². The number of piperidine rings is 1. The number of carbonyl (C=O) groups excluding carboxylic acids is 1. The van der Waals surface area contributed by atoms with Crippen LogP contribution in [-0.2, 0) is 4.79 Å². The summed E-state index contributed by atoms with van der Waals surface area (Å²) < 4.78 is 0. The molecule has 3 heterocycles. The van der Waals surface area contributed by atoms with Crippen LogP contribution >= 0.6 is 21.6 Å². The average molecular weight is 351 g/mol. The predicted molar refractivity (Wildman–Crippen MR) is 99.5 cm³/mol. The second kappa shape index (κ2) is 8.97. The predicted octanol–water partition coefficient (Wildman–Crippen LogP) is 4.85. The SMILES string of the molecule is O=C(CCCC[C@H]1CCSS1)N1CCCC[C@H]1c1cccnc1. The maximum absolute atomic E-state index is 12.7. The van der Waals surface area contributed by atoms with Gasteiger partial charge in [-0.15, -0.1) is 0 Å². The van der Waals surface area contributed by atoms with Crippen molar-refractivity contribution in [1.82, 2.24) is 9.88 Å². The Morgan fingerprint density at radius 1 is 1.30 bits per heavy atom. The van der Waals surface area contributed by atoms with Crippen molar-refractivity contribution in [3.8, 4) is 0 Å². The summed E-state index contributed by atoms with van der Waals surface area (Å²) in [6, 6.07) is 4.33. The molecule has 1 aromatic rings. The third-order valence-electron chi connectivity index (χ3n) is 4.79. The zero-order valence-corrected chi connectivity index (χ0v) is 15.3. The van der Waals surface area contributed by atoms with E-state index in [1.54, 1.807) is 6.20 Å². The van der Waals surface area contributed by atoms with Crippen LogP contribution in [0.5, 0.6) is 0 Å². The van der Waals surface area contributed by atoms with E-state index in [0.29, 0.717) is 12.3 Å². The molecule has 0 spiro atoms. The zero-order valence-electron chi connectivity index (χ0n) is 13.7. The first-order valence-corrected chi connectivity index (χ1v) is 11.2. The molecular weight excluding hydrogens is 324 g/mol. The molecule has 1 aromatic heterocycles. The maximum atomic E-state index is 12.7. The molecular formula is C18H26N2OS2. The zero-order chi connectivity index (χ0) is 15.9. The van der Waals surface area contributed by atoms with E-state index in [-0.39, 0.29) is 6.04 Å². The molecule has 2 aliphatic rings. The highest BCUT2D eigenvalue weighted by Gasteiger charge is 2.27. The fourth-order valence-corrected chi connectivity index (χ4v) is 6.53. The van der Waals surface area contributed by atoms with Crippen molar-refractivity contribution >= 4 is 27.5 Å². The Kier molecular flexibility index (Phi) is 6.69. The Balaban J connectivity index is 1.48. The van der Waals surface area contributed by atoms with E-state index >= 15 is 0 Å². The monoisotopic (exact) mass is 350 g/mol. The number of amides is 1. The summed E-state index contributed by atoms with van der Waals surface area (Å²) in [5.74, 6) is 1.64. The van der Waals surface area contributed by atoms with Crippen molar-refractivity contribution in [3.05, 3.63) is 30.1 Å². The van der Waals surface area contributed by atoms with Crippen LogP contribution in [0, 0.1) is 0 Å². The van der Waals surface area contributed by atoms with Gasteiger partial charge >= 0.3 is 0 Å². The maximum Gasteiger partial charge on any atom is 0.223 e. The van der Waals surface area contributed by atoms with Crippen molar-refractivity contribution in [3.63, 3.8) is 0 Å². The first kappa shape index (κ1) is 17.2. The van der Waals surface area contributed by atoms with Gasteiger partial charge < -0.3 is 4.90 Å². The highest BCUT2D eigenvalue weighted by molar-refractivity contribution is 8.77. The lowest BCUT2D eigenvalue weighted by molar-refractivity contribution is -0.135. The molecule has 0 saturated carbocycles. The van der Waals surface area contributed by atoms with Crippen molar-refractivity contribution in [1.29, 1.82) is 0 Å². The van der Waals surface area contributed by atoms with Crippen molar-refractivity contribution in [2.75, 3.05) is 12.3 Å². The lowest BCUT2D eigenvalue weighted by Gasteiger charge is -2.36. The van der Waals surface area contributed by atoms with Crippen LogP contribution in [0.1, 0.15) is 63.0 Å². The van der Waals surface area contributed by atoms with E-state index in [1.807, 2.05) is 33.9 Å². The normalized spacial score (nSPS) is 24.8. The minimum atomic E-state index is 0.242. The van der Waals surface area contributed by atoms with Crippen molar-refractivity contribution < 1.29 is 4.79 Å². The number of likely N-dealkylation sites (tertiary alicyclic amines) is 1. The van der Waals surface area contributed by atoms with E-state index in [1.165, 1.54) is 37.0 Å². The molecule has 23 heavy (non-hydrogen) atoms. The van der Waals surface area contributed by atoms with E-state index in [0.717, 1.165) is 31.1 Å². The second-order valence-corrected chi connectivity index (χ2v) is 9.25. The molecule has 2 aliphatic heterocycles. The van der Waals surface area contributed by atoms with Gasteiger partial charge in [0.1, 0.15) is 0 Å². The van der Waals surface area contributed by atoms with Crippen LogP contribution in [0.3, 0.4) is 0 Å². The Morgan fingerprint density at radius 2 is 2.26 bits per heavy atom. The summed E-state index contributed by atoms with van der Waals surface area (Å²) in [4.78, 5) is 19.0. The first-order valence-electron chi connectivity index (χ1n) is 8.82. The standard InChI is InChI=1S/C18H26N2OS2/c21-18(9-2-1-7-16-10-13-22-23-16)20-12-4-3-8-17(20)15-6-5-11-19-14-15/h5-6,11,14,16-17H,1-4,7-10,12-13H2/t16-,17-/m0/s1. The molecule has 1 amide bonds. The Labute approximate surface area is 147 Å². The molecule has 2 atom stereocenters. The van der Waals surface area contributed by atoms with Gasteiger partial charge in [0.05, 0.1) is 6.04 Å². The van der Waals surface area contributed by atoms with E-state index in [9.17, 15) is 4.79 Å². The molecule has 0 bridgehead atoms. The third-order valence-corrected chi connectivity index (χ3v) is 7.79. The largest absolute Gasteiger partial charge is 0.336 e. The summed E-state index contributed by atoms with van der Waals surface area (Å²) in [6.45, 7) is 0.910. The molecule has 0 aromatic carbocycles. The lowest BCUT2D eigenvalue weighted by atomic mass is 9.95. The number of nitrogens with zero attached hydrogens (tertiary/aromatic N) is 2. The number of unbranched alkanes of at least 4 members (excludes halogenated alkanes) is 1. The summed E-state index contributed by atoms with van der Waals surface area (Å²) in [7, 11) is 4.04. The van der Waals surface area contributed by atoms with E-state index < -0.39 is 0 Å². The number of aromatic nitrogens is 1. The fraction of sp³-hybridized carbons (Fsp3) is 0.667. The summed E-state index contributed by atoms with van der Waals surface area (Å²) in [6.07, 6.45) is 12.7. The van der Waals surface area contributed by atoms with Gasteiger partial charge in [-0.05, 0) is 50.2 Å². The van der Waals surface area contributed by atoms with Gasteiger partial charge in [0.2, 0.25) is 5.91 Å². The number of hydrogen-bond acceptors (Lipinski definition) is 4. The minimum absolute atomic E-state index is 0.242. The molecule has 0 radical (unpaired) electrons. The van der Waals surface area contributed by atoms with Crippen LogP contribution in [-0.4, -0.2) is 33.3 Å². The van der Waals surface area contributed by atoms with Gasteiger partial charge in [0.25, 0.3) is 0 Å². The van der Waals surface area contributed by atoms with Crippen LogP contribution in [0.4, 0.5) is 0 Å². The molecule has 5 heteroatoms. The van der Waals surface area contributed by atoms with Crippen LogP contribution < -0.4 is 0 Å². The van der Waals surface area contributed by atoms with Gasteiger partial charge in [0, 0.05) is 36.4 Å². The molecule has 0 aliphatic carbocycles. The van der Waals surface area contributed by atoms with E-state index in [2.05, 4.69) is 16.0 Å². The van der Waals surface area contributed by atoms with Crippen LogP contribution in [0.25, 0.3) is 0 Å². The van der Waals surface area contributed by atoms with Crippen molar-refractivity contribution in [2.45, 2.75) is 62.7 Å². The van der Waals surface area contributed by atoms with Crippen molar-refractivity contribution in [2.24, 2.45) is 0 Å². The summed E-state index contributed by atoms with van der Waals surface area (Å²) >= 11 is 0. The van der Waals surface area contributed by atoms with Gasteiger partial charge in [-0.2, -0.15) is 0 Å². The highest BCUT2D eigenvalue weighted by atomic mass is 33.1. The first-order chi connectivity index (χ1) is 11.3.